The largest absolute Gasteiger partial charge is 0.276 e. The fraction of sp³-hybridized carbons (Fsp3) is 0.353. The van der Waals surface area contributed by atoms with Crippen molar-refractivity contribution in [2.24, 2.45) is 13.0 Å². The summed E-state index contributed by atoms with van der Waals surface area (Å²) in [5, 5.41) is 5.48. The molecule has 3 rings (SSSR count). The van der Waals surface area contributed by atoms with E-state index in [1.807, 2.05) is 49.8 Å². The third-order valence-corrected chi connectivity index (χ3v) is 5.65. The molecule has 2 aromatic rings. The van der Waals surface area contributed by atoms with E-state index in [0.717, 1.165) is 24.0 Å². The Bertz CT molecular complexity index is 781. The van der Waals surface area contributed by atoms with E-state index in [4.69, 9.17) is 0 Å². The minimum Gasteiger partial charge on any atom is -0.276 e. The Labute approximate surface area is 137 Å². The fourth-order valence-electron chi connectivity index (χ4n) is 2.92. The molecule has 1 aliphatic rings. The Morgan fingerprint density at radius 1 is 1.30 bits per heavy atom. The highest BCUT2D eigenvalue weighted by molar-refractivity contribution is 7.92. The monoisotopic (exact) mass is 331 g/mol. The van der Waals surface area contributed by atoms with Gasteiger partial charge in [0.1, 0.15) is 0 Å². The summed E-state index contributed by atoms with van der Waals surface area (Å²) in [4.78, 5) is 0. The maximum absolute atomic E-state index is 12.4. The van der Waals surface area contributed by atoms with Crippen molar-refractivity contribution < 1.29 is 8.42 Å². The molecule has 6 heteroatoms. The van der Waals surface area contributed by atoms with Gasteiger partial charge < -0.3 is 0 Å². The molecule has 0 N–H and O–H groups in total. The second-order valence-electron chi connectivity index (χ2n) is 6.00. The van der Waals surface area contributed by atoms with E-state index < -0.39 is 10.0 Å². The van der Waals surface area contributed by atoms with Crippen molar-refractivity contribution in [3.05, 3.63) is 59.3 Å². The lowest BCUT2D eigenvalue weighted by Gasteiger charge is -2.13. The number of hydrogen-bond donors (Lipinski definition) is 0. The summed E-state index contributed by atoms with van der Waals surface area (Å²) < 4.78 is 28.2. The van der Waals surface area contributed by atoms with Gasteiger partial charge in [-0.25, -0.2) is 8.42 Å². The van der Waals surface area contributed by atoms with Crippen LogP contribution in [0.2, 0.25) is 0 Å². The van der Waals surface area contributed by atoms with E-state index in [9.17, 15) is 8.42 Å². The average molecular weight is 331 g/mol. The van der Waals surface area contributed by atoms with Gasteiger partial charge in [-0.1, -0.05) is 30.3 Å². The molecule has 0 aliphatic carbocycles. The van der Waals surface area contributed by atoms with E-state index in [2.05, 4.69) is 5.10 Å². The normalized spacial score (nSPS) is 19.6. The Kier molecular flexibility index (Phi) is 4.63. The molecule has 0 bridgehead atoms. The van der Waals surface area contributed by atoms with Gasteiger partial charge in [0.15, 0.2) is 0 Å². The second-order valence-corrected chi connectivity index (χ2v) is 7.82. The van der Waals surface area contributed by atoms with Crippen LogP contribution in [0.4, 0.5) is 0 Å². The van der Waals surface area contributed by atoms with Gasteiger partial charge in [0.05, 0.1) is 6.20 Å². The number of benzene rings is 1. The Hall–Kier alpha value is -1.92. The van der Waals surface area contributed by atoms with Crippen molar-refractivity contribution in [1.29, 1.82) is 0 Å². The van der Waals surface area contributed by atoms with Crippen LogP contribution in [0, 0.1) is 5.92 Å². The van der Waals surface area contributed by atoms with Gasteiger partial charge in [-0.2, -0.15) is 9.40 Å². The Morgan fingerprint density at radius 2 is 2.09 bits per heavy atom. The molecule has 1 aromatic carbocycles. The molecule has 0 radical (unpaired) electrons. The molecule has 0 amide bonds. The van der Waals surface area contributed by atoms with Crippen molar-refractivity contribution in [3.8, 4) is 0 Å². The van der Waals surface area contributed by atoms with Gasteiger partial charge in [-0.05, 0) is 36.0 Å². The molecular formula is C17H21N3O2S. The zero-order valence-corrected chi connectivity index (χ0v) is 14.0. The molecule has 122 valence electrons. The van der Waals surface area contributed by atoms with E-state index >= 15 is 0 Å². The van der Waals surface area contributed by atoms with E-state index in [-0.39, 0.29) is 0 Å². The van der Waals surface area contributed by atoms with Gasteiger partial charge >= 0.3 is 0 Å². The molecule has 1 unspecified atom stereocenters. The molecular weight excluding hydrogens is 310 g/mol. The van der Waals surface area contributed by atoms with E-state index in [0.29, 0.717) is 19.0 Å². The van der Waals surface area contributed by atoms with Crippen molar-refractivity contribution in [2.75, 3.05) is 13.1 Å². The summed E-state index contributed by atoms with van der Waals surface area (Å²) >= 11 is 0. The van der Waals surface area contributed by atoms with E-state index in [1.165, 1.54) is 5.41 Å². The third-order valence-electron chi connectivity index (χ3n) is 4.12. The summed E-state index contributed by atoms with van der Waals surface area (Å²) in [5.41, 5.74) is 2.05. The summed E-state index contributed by atoms with van der Waals surface area (Å²) in [6, 6.07) is 9.48. The Morgan fingerprint density at radius 3 is 2.78 bits per heavy atom. The highest BCUT2D eigenvalue weighted by Crippen LogP contribution is 2.24. The van der Waals surface area contributed by atoms with E-state index in [1.54, 1.807) is 15.1 Å². The minimum atomic E-state index is -3.35. The van der Waals surface area contributed by atoms with Crippen LogP contribution >= 0.6 is 0 Å². The van der Waals surface area contributed by atoms with Gasteiger partial charge in [0.25, 0.3) is 0 Å². The lowest BCUT2D eigenvalue weighted by atomic mass is 10.0. The predicted molar refractivity (Wildman–Crippen MR) is 91.0 cm³/mol. The lowest BCUT2D eigenvalue weighted by molar-refractivity contribution is 0.463. The first-order valence-electron chi connectivity index (χ1n) is 7.74. The summed E-state index contributed by atoms with van der Waals surface area (Å²) in [6.07, 6.45) is 7.28. The number of aromatic nitrogens is 2. The van der Waals surface area contributed by atoms with Gasteiger partial charge in [0, 0.05) is 31.7 Å². The summed E-state index contributed by atoms with van der Waals surface area (Å²) in [6.45, 7) is 1.17. The number of rotatable bonds is 5. The van der Waals surface area contributed by atoms with Crippen LogP contribution in [-0.4, -0.2) is 35.6 Å². The Balaban J connectivity index is 1.62. The maximum atomic E-state index is 12.4. The van der Waals surface area contributed by atoms with Crippen molar-refractivity contribution in [1.82, 2.24) is 14.1 Å². The van der Waals surface area contributed by atoms with Crippen LogP contribution < -0.4 is 0 Å². The average Bonchev–Trinajstić information content (AvgIpc) is 3.17. The molecule has 0 saturated carbocycles. The van der Waals surface area contributed by atoms with Gasteiger partial charge in [-0.3, -0.25) is 4.68 Å². The van der Waals surface area contributed by atoms with Crippen molar-refractivity contribution >= 4 is 16.1 Å². The molecule has 1 atom stereocenters. The molecule has 2 heterocycles. The zero-order valence-electron chi connectivity index (χ0n) is 13.2. The lowest BCUT2D eigenvalue weighted by Crippen LogP contribution is -2.27. The first-order chi connectivity index (χ1) is 11.0. The summed E-state index contributed by atoms with van der Waals surface area (Å²) in [5.74, 6) is 0.360. The predicted octanol–water partition coefficient (Wildman–Crippen LogP) is 2.29. The fourth-order valence-corrected chi connectivity index (χ4v) is 4.20. The van der Waals surface area contributed by atoms with Gasteiger partial charge in [0.2, 0.25) is 10.0 Å². The molecule has 1 aromatic heterocycles. The molecule has 0 spiro atoms. The number of hydrogen-bond acceptors (Lipinski definition) is 3. The highest BCUT2D eigenvalue weighted by atomic mass is 32.2. The second kappa shape index (κ2) is 6.68. The number of aryl methyl sites for hydroxylation is 1. The first-order valence-corrected chi connectivity index (χ1v) is 9.24. The number of sulfonamides is 1. The smallest absolute Gasteiger partial charge is 0.236 e. The molecule has 23 heavy (non-hydrogen) atoms. The van der Waals surface area contributed by atoms with Crippen LogP contribution in [0.3, 0.4) is 0 Å². The summed E-state index contributed by atoms with van der Waals surface area (Å²) in [7, 11) is -1.45. The van der Waals surface area contributed by atoms with Crippen molar-refractivity contribution in [3.63, 3.8) is 0 Å². The van der Waals surface area contributed by atoms with Crippen LogP contribution in [0.1, 0.15) is 17.5 Å². The molecule has 1 fully saturated rings. The topological polar surface area (TPSA) is 55.2 Å². The van der Waals surface area contributed by atoms with Crippen LogP contribution in [0.5, 0.6) is 0 Å². The molecule has 5 nitrogen and oxygen atoms in total. The van der Waals surface area contributed by atoms with Crippen molar-refractivity contribution in [2.45, 2.75) is 12.8 Å². The SMILES string of the molecule is Cn1cc(CC2CCN(S(=O)(=O)C=Cc3ccccc3)C2)cn1. The van der Waals surface area contributed by atoms with Crippen LogP contribution in [0.25, 0.3) is 6.08 Å². The highest BCUT2D eigenvalue weighted by Gasteiger charge is 2.29. The van der Waals surface area contributed by atoms with Crippen LogP contribution in [0.15, 0.2) is 48.1 Å². The van der Waals surface area contributed by atoms with Gasteiger partial charge in [-0.15, -0.1) is 0 Å². The molecule has 1 saturated heterocycles. The number of nitrogens with zero attached hydrogens (tertiary/aromatic N) is 3. The zero-order chi connectivity index (χ0) is 16.3. The maximum Gasteiger partial charge on any atom is 0.236 e. The minimum absolute atomic E-state index is 0.360. The molecule has 1 aliphatic heterocycles. The first kappa shape index (κ1) is 16.0. The standard InChI is InChI=1S/C17H21N3O2S/c1-19-13-17(12-18-19)11-16-7-9-20(14-16)23(21,22)10-8-15-5-3-2-4-6-15/h2-6,8,10,12-13,16H,7,9,11,14H2,1H3. The third kappa shape index (κ3) is 4.09. The van der Waals surface area contributed by atoms with Crippen LogP contribution in [-0.2, 0) is 23.5 Å². The quantitative estimate of drug-likeness (QED) is 0.845.